The molecule has 6 heteroatoms. The quantitative estimate of drug-likeness (QED) is 0.713. The van der Waals surface area contributed by atoms with Crippen molar-refractivity contribution in [1.29, 1.82) is 0 Å². The maximum atomic E-state index is 13.0. The van der Waals surface area contributed by atoms with Gasteiger partial charge in [-0.15, -0.1) is 0 Å². The van der Waals surface area contributed by atoms with Gasteiger partial charge in [-0.25, -0.2) is 0 Å². The van der Waals surface area contributed by atoms with Crippen LogP contribution in [-0.2, 0) is 19.1 Å². The molecule has 6 aliphatic rings. The zero-order valence-corrected chi connectivity index (χ0v) is 18.8. The highest BCUT2D eigenvalue weighted by atomic mass is 16.7. The third-order valence-corrected chi connectivity index (χ3v) is 9.40. The van der Waals surface area contributed by atoms with Crippen molar-refractivity contribution in [2.75, 3.05) is 6.54 Å². The van der Waals surface area contributed by atoms with Crippen molar-refractivity contribution in [2.45, 2.75) is 83.9 Å². The molecule has 0 aromatic carbocycles. The van der Waals surface area contributed by atoms with E-state index in [9.17, 15) is 14.7 Å². The lowest BCUT2D eigenvalue weighted by atomic mass is 9.32. The summed E-state index contributed by atoms with van der Waals surface area (Å²) < 4.78 is 12.9. The Hall–Kier alpha value is -1.34. The van der Waals surface area contributed by atoms with E-state index in [0.717, 1.165) is 37.7 Å². The van der Waals surface area contributed by atoms with Crippen LogP contribution in [0.4, 0.5) is 0 Å². The molecule has 6 rings (SSSR count). The van der Waals surface area contributed by atoms with Crippen LogP contribution < -0.4 is 5.73 Å². The van der Waals surface area contributed by atoms with Crippen LogP contribution in [0.5, 0.6) is 0 Å². The second-order valence-corrected chi connectivity index (χ2v) is 10.9. The standard InChI is InChI=1S/C25H35NO5/c1-4-5-20-30-19-11-18-24(3,22(31-20)17(29)13-26)12-16(28)21-23(2)8-7-15(27)10-14(23)6-9-25(18,19)21/h7-8,10,16,18-22,28H,4-6,9,11-13,26H2,1-3H3/t16-,18-,19+,20?,21-,22+,23-,24-,25+/m0/s1. The molecule has 0 radical (unpaired) electrons. The van der Waals surface area contributed by atoms with Crippen LogP contribution in [0.2, 0.25) is 0 Å². The van der Waals surface area contributed by atoms with Crippen molar-refractivity contribution in [2.24, 2.45) is 33.8 Å². The Balaban J connectivity index is 1.64. The summed E-state index contributed by atoms with van der Waals surface area (Å²) in [5, 5.41) is 11.6. The number of hydrogen-bond donors (Lipinski definition) is 2. The molecular weight excluding hydrogens is 394 g/mol. The van der Waals surface area contributed by atoms with Crippen LogP contribution in [0.15, 0.2) is 23.8 Å². The van der Waals surface area contributed by atoms with Gasteiger partial charge in [0.25, 0.3) is 0 Å². The lowest BCUT2D eigenvalue weighted by Crippen LogP contribution is -2.76. The molecule has 3 N–H and O–H groups in total. The van der Waals surface area contributed by atoms with Crippen LogP contribution in [0.25, 0.3) is 0 Å². The van der Waals surface area contributed by atoms with Crippen LogP contribution >= 0.6 is 0 Å². The zero-order valence-electron chi connectivity index (χ0n) is 18.8. The summed E-state index contributed by atoms with van der Waals surface area (Å²) in [5.74, 6) is 0.0906. The van der Waals surface area contributed by atoms with Crippen molar-refractivity contribution in [3.63, 3.8) is 0 Å². The van der Waals surface area contributed by atoms with Crippen LogP contribution in [0, 0.1) is 28.1 Å². The molecule has 2 saturated heterocycles. The second-order valence-electron chi connectivity index (χ2n) is 10.9. The molecule has 9 atom stereocenters. The number of ether oxygens (including phenoxy) is 2. The summed E-state index contributed by atoms with van der Waals surface area (Å²) in [6, 6.07) is 0. The number of Topliss-reactive ketones (excluding diaryl/α,β-unsaturated/α-hetero) is 1. The van der Waals surface area contributed by atoms with Gasteiger partial charge >= 0.3 is 0 Å². The van der Waals surface area contributed by atoms with E-state index in [0.29, 0.717) is 6.42 Å². The zero-order chi connectivity index (χ0) is 22.2. The molecule has 3 saturated carbocycles. The van der Waals surface area contributed by atoms with Gasteiger partial charge in [0.2, 0.25) is 0 Å². The minimum atomic E-state index is -0.666. The summed E-state index contributed by atoms with van der Waals surface area (Å²) in [6.07, 6.45) is 8.41. The maximum absolute atomic E-state index is 13.0. The Labute approximate surface area is 184 Å². The third kappa shape index (κ3) is 2.71. The molecule has 0 aromatic heterocycles. The molecule has 4 bridgehead atoms. The summed E-state index contributed by atoms with van der Waals surface area (Å²) in [7, 11) is 0. The van der Waals surface area contributed by atoms with Gasteiger partial charge in [-0.1, -0.05) is 38.8 Å². The first-order valence-electron chi connectivity index (χ1n) is 11.9. The number of allylic oxidation sites excluding steroid dienone is 4. The van der Waals surface area contributed by atoms with E-state index < -0.39 is 23.9 Å². The van der Waals surface area contributed by atoms with Gasteiger partial charge in [0.15, 0.2) is 17.9 Å². The molecule has 170 valence electrons. The van der Waals surface area contributed by atoms with Gasteiger partial charge < -0.3 is 20.3 Å². The van der Waals surface area contributed by atoms with Crippen molar-refractivity contribution in [3.8, 4) is 0 Å². The smallest absolute Gasteiger partial charge is 0.178 e. The lowest BCUT2D eigenvalue weighted by molar-refractivity contribution is -0.370. The monoisotopic (exact) mass is 429 g/mol. The number of ketones is 2. The number of nitrogens with two attached hydrogens (primary N) is 1. The topological polar surface area (TPSA) is 98.9 Å². The van der Waals surface area contributed by atoms with Gasteiger partial charge in [-0.3, -0.25) is 9.59 Å². The van der Waals surface area contributed by atoms with Crippen molar-refractivity contribution in [1.82, 2.24) is 0 Å². The van der Waals surface area contributed by atoms with E-state index in [1.165, 1.54) is 0 Å². The predicted octanol–water partition coefficient (Wildman–Crippen LogP) is 2.68. The number of carbonyl (C=O) groups excluding carboxylic acids is 2. The third-order valence-electron chi connectivity index (χ3n) is 9.40. The van der Waals surface area contributed by atoms with E-state index >= 15 is 0 Å². The molecule has 2 heterocycles. The molecule has 1 unspecified atom stereocenters. The summed E-state index contributed by atoms with van der Waals surface area (Å²) in [5.41, 5.74) is 5.84. The van der Waals surface area contributed by atoms with Crippen molar-refractivity contribution < 1.29 is 24.2 Å². The molecule has 2 aliphatic heterocycles. The Morgan fingerprint density at radius 2 is 2.10 bits per heavy atom. The highest BCUT2D eigenvalue weighted by Gasteiger charge is 2.75. The first-order chi connectivity index (χ1) is 14.7. The number of carbonyl (C=O) groups is 2. The Bertz CT molecular complexity index is 866. The van der Waals surface area contributed by atoms with Crippen molar-refractivity contribution in [3.05, 3.63) is 23.8 Å². The first-order valence-corrected chi connectivity index (χ1v) is 11.9. The van der Waals surface area contributed by atoms with Crippen LogP contribution in [0.3, 0.4) is 0 Å². The highest BCUT2D eigenvalue weighted by Crippen LogP contribution is 2.75. The molecule has 4 aliphatic carbocycles. The Kier molecular flexibility index (Phi) is 4.91. The van der Waals surface area contributed by atoms with Gasteiger partial charge in [0.1, 0.15) is 6.10 Å². The Morgan fingerprint density at radius 1 is 1.32 bits per heavy atom. The van der Waals surface area contributed by atoms with Gasteiger partial charge in [0.05, 0.1) is 18.8 Å². The largest absolute Gasteiger partial charge is 0.393 e. The van der Waals surface area contributed by atoms with E-state index in [1.54, 1.807) is 12.2 Å². The van der Waals surface area contributed by atoms with E-state index in [2.05, 4.69) is 20.8 Å². The molecule has 0 aromatic rings. The normalized spacial score (nSPS) is 50.4. The number of fused-ring (bicyclic) bond motifs is 5. The van der Waals surface area contributed by atoms with Crippen LogP contribution in [-0.4, -0.2) is 47.8 Å². The van der Waals surface area contributed by atoms with E-state index in [-0.39, 0.29) is 46.9 Å². The molecule has 5 fully saturated rings. The maximum Gasteiger partial charge on any atom is 0.178 e. The first kappa shape index (κ1) is 21.5. The fourth-order valence-electron chi connectivity index (χ4n) is 8.19. The highest BCUT2D eigenvalue weighted by molar-refractivity contribution is 6.01. The molecule has 0 amide bonds. The average Bonchev–Trinajstić information content (AvgIpc) is 2.71. The molecule has 1 spiro atoms. The molecular formula is C25H35NO5. The van der Waals surface area contributed by atoms with Gasteiger partial charge in [-0.2, -0.15) is 0 Å². The summed E-state index contributed by atoms with van der Waals surface area (Å²) >= 11 is 0. The predicted molar refractivity (Wildman–Crippen MR) is 115 cm³/mol. The fraction of sp³-hybridized carbons (Fsp3) is 0.760. The van der Waals surface area contributed by atoms with Crippen LogP contribution in [0.1, 0.15) is 59.3 Å². The number of aliphatic hydroxyl groups excluding tert-OH is 1. The molecule has 6 nitrogen and oxygen atoms in total. The number of rotatable bonds is 4. The second kappa shape index (κ2) is 7.08. The summed E-state index contributed by atoms with van der Waals surface area (Å²) in [6.45, 7) is 6.30. The summed E-state index contributed by atoms with van der Waals surface area (Å²) in [4.78, 5) is 25.1. The van der Waals surface area contributed by atoms with E-state index in [4.69, 9.17) is 15.2 Å². The van der Waals surface area contributed by atoms with Gasteiger partial charge in [0, 0.05) is 22.2 Å². The number of hydrogen-bond acceptors (Lipinski definition) is 6. The fourth-order valence-corrected chi connectivity index (χ4v) is 8.19. The van der Waals surface area contributed by atoms with E-state index in [1.807, 2.05) is 6.08 Å². The minimum Gasteiger partial charge on any atom is -0.393 e. The van der Waals surface area contributed by atoms with Gasteiger partial charge in [-0.05, 0) is 50.2 Å². The average molecular weight is 430 g/mol. The molecule has 31 heavy (non-hydrogen) atoms. The lowest BCUT2D eigenvalue weighted by Gasteiger charge is -2.75. The van der Waals surface area contributed by atoms with Crippen molar-refractivity contribution >= 4 is 11.6 Å². The minimum absolute atomic E-state index is 0.00773. The number of aliphatic hydroxyl groups is 1. The Morgan fingerprint density at radius 3 is 2.81 bits per heavy atom. The SMILES string of the molecule is CCCC1O[C@H](C(=O)CN)[C@@]2(C)C[C@H](O)[C@@H]3[C@@]4(CCC5=CC(=O)C=C[C@@]53C)[C@@H](C[C@@H]24)O1.